The first-order chi connectivity index (χ1) is 21.5. The van der Waals surface area contributed by atoms with Gasteiger partial charge in [-0.1, -0.05) is 60.3 Å². The van der Waals surface area contributed by atoms with Crippen LogP contribution in [0.15, 0.2) is 96.4 Å². The molecule has 0 aliphatic carbocycles. The predicted molar refractivity (Wildman–Crippen MR) is 170 cm³/mol. The second-order valence-corrected chi connectivity index (χ2v) is 11.3. The summed E-state index contributed by atoms with van der Waals surface area (Å²) in [5.41, 5.74) is 10.2. The third-order valence-electron chi connectivity index (χ3n) is 7.06. The van der Waals surface area contributed by atoms with Crippen LogP contribution in [0, 0.1) is 0 Å². The SMILES string of the molecule is Nc1ccccc1NC(=O)CCCC(=O)Nc1ccc([C@H]2O[C@@H](CSc3ncccn3)C[C@@H](c3ccc(CO)cc3)O2)cc1. The number of aromatic nitrogens is 2. The van der Waals surface area contributed by atoms with Crippen LogP contribution in [0.3, 0.4) is 0 Å². The molecule has 4 aromatic rings. The van der Waals surface area contributed by atoms with Crippen LogP contribution >= 0.6 is 11.8 Å². The first kappa shape index (κ1) is 31.1. The molecule has 1 saturated heterocycles. The van der Waals surface area contributed by atoms with Crippen LogP contribution in [0.5, 0.6) is 0 Å². The van der Waals surface area contributed by atoms with Crippen LogP contribution in [0.25, 0.3) is 0 Å². The van der Waals surface area contributed by atoms with Crippen molar-refractivity contribution >= 4 is 40.6 Å². The van der Waals surface area contributed by atoms with Crippen molar-refractivity contribution in [3.63, 3.8) is 0 Å². The zero-order valence-electron chi connectivity index (χ0n) is 24.1. The molecule has 11 heteroatoms. The molecular formula is C33H35N5O5S. The highest BCUT2D eigenvalue weighted by atomic mass is 32.2. The molecule has 0 radical (unpaired) electrons. The number of carbonyl (C=O) groups excluding carboxylic acids is 2. The molecular weight excluding hydrogens is 578 g/mol. The summed E-state index contributed by atoms with van der Waals surface area (Å²) >= 11 is 1.53. The number of nitrogens with one attached hydrogen (secondary N) is 2. The van der Waals surface area contributed by atoms with E-state index >= 15 is 0 Å². The van der Waals surface area contributed by atoms with E-state index in [1.165, 1.54) is 11.8 Å². The summed E-state index contributed by atoms with van der Waals surface area (Å²) in [6.07, 6.45) is 3.95. The Hall–Kier alpha value is -4.29. The summed E-state index contributed by atoms with van der Waals surface area (Å²) in [5, 5.41) is 15.8. The fraction of sp³-hybridized carbons (Fsp3) is 0.273. The van der Waals surface area contributed by atoms with Crippen molar-refractivity contribution in [2.75, 3.05) is 22.1 Å². The number of aliphatic hydroxyl groups is 1. The van der Waals surface area contributed by atoms with Gasteiger partial charge in [0.25, 0.3) is 0 Å². The minimum atomic E-state index is -0.615. The van der Waals surface area contributed by atoms with Crippen LogP contribution in [-0.2, 0) is 25.7 Å². The Balaban J connectivity index is 1.16. The molecule has 3 atom stereocenters. The lowest BCUT2D eigenvalue weighted by molar-refractivity contribution is -0.245. The van der Waals surface area contributed by atoms with E-state index in [1.54, 1.807) is 42.7 Å². The minimum absolute atomic E-state index is 0.0179. The van der Waals surface area contributed by atoms with Gasteiger partial charge in [-0.3, -0.25) is 9.59 Å². The highest BCUT2D eigenvalue weighted by Gasteiger charge is 2.32. The van der Waals surface area contributed by atoms with Crippen molar-refractivity contribution in [1.82, 2.24) is 9.97 Å². The molecule has 0 bridgehead atoms. The van der Waals surface area contributed by atoms with Gasteiger partial charge in [-0.15, -0.1) is 0 Å². The molecule has 5 rings (SSSR count). The standard InChI is InChI=1S/C33H35N5O5S/c34-27-5-1-2-6-28(27)38-31(41)8-3-7-30(40)37-25-15-13-24(14-16-25)32-42-26(21-44-33-35-17-4-18-36-33)19-29(43-32)23-11-9-22(20-39)10-12-23/h1-2,4-6,9-18,26,29,32,39H,3,7-8,19-21,34H2,(H,37,40)(H,38,41)/t26-,29+,32+/m1/s1. The summed E-state index contributed by atoms with van der Waals surface area (Å²) in [6, 6.07) is 23.9. The Bertz CT molecular complexity index is 1520. The quantitative estimate of drug-likeness (QED) is 0.0905. The molecule has 1 aromatic heterocycles. The van der Waals surface area contributed by atoms with E-state index in [2.05, 4.69) is 20.6 Å². The number of anilines is 3. The molecule has 5 N–H and O–H groups in total. The van der Waals surface area contributed by atoms with Crippen LogP contribution < -0.4 is 16.4 Å². The number of rotatable bonds is 12. The lowest BCUT2D eigenvalue weighted by Gasteiger charge is -2.36. The molecule has 2 heterocycles. The molecule has 0 saturated carbocycles. The number of nitrogens with zero attached hydrogens (tertiary/aromatic N) is 2. The van der Waals surface area contributed by atoms with Crippen LogP contribution in [0.2, 0.25) is 0 Å². The van der Waals surface area contributed by atoms with Gasteiger partial charge in [-0.05, 0) is 47.9 Å². The van der Waals surface area contributed by atoms with E-state index in [1.807, 2.05) is 48.5 Å². The van der Waals surface area contributed by atoms with Crippen molar-refractivity contribution < 1.29 is 24.2 Å². The summed E-state index contributed by atoms with van der Waals surface area (Å²) in [5.74, 6) is 0.282. The zero-order valence-corrected chi connectivity index (χ0v) is 24.9. The Morgan fingerprint density at radius 2 is 1.55 bits per heavy atom. The molecule has 0 spiro atoms. The molecule has 1 aliphatic heterocycles. The Morgan fingerprint density at radius 1 is 0.864 bits per heavy atom. The van der Waals surface area contributed by atoms with Crippen molar-refractivity contribution in [2.45, 2.75) is 55.9 Å². The summed E-state index contributed by atoms with van der Waals surface area (Å²) < 4.78 is 12.8. The number of hydrogen-bond donors (Lipinski definition) is 4. The number of carbonyl (C=O) groups is 2. The summed E-state index contributed by atoms with van der Waals surface area (Å²) in [4.78, 5) is 33.4. The smallest absolute Gasteiger partial charge is 0.224 e. The minimum Gasteiger partial charge on any atom is -0.397 e. The van der Waals surface area contributed by atoms with Crippen molar-refractivity contribution in [2.24, 2.45) is 0 Å². The number of para-hydroxylation sites is 2. The normalized spacial score (nSPS) is 18.0. The topological polar surface area (TPSA) is 149 Å². The van der Waals surface area contributed by atoms with Crippen molar-refractivity contribution in [3.05, 3.63) is 108 Å². The lowest BCUT2D eigenvalue weighted by Crippen LogP contribution is -2.31. The van der Waals surface area contributed by atoms with E-state index in [0.29, 0.717) is 40.8 Å². The maximum atomic E-state index is 12.5. The molecule has 228 valence electrons. The number of hydrogen-bond acceptors (Lipinski definition) is 9. The molecule has 10 nitrogen and oxygen atoms in total. The number of ether oxygens (including phenoxy) is 2. The first-order valence-electron chi connectivity index (χ1n) is 14.4. The van der Waals surface area contributed by atoms with E-state index in [4.69, 9.17) is 15.2 Å². The van der Waals surface area contributed by atoms with Crippen molar-refractivity contribution in [1.29, 1.82) is 0 Å². The number of benzene rings is 3. The predicted octanol–water partition coefficient (Wildman–Crippen LogP) is 5.64. The fourth-order valence-electron chi connectivity index (χ4n) is 4.73. The van der Waals surface area contributed by atoms with Gasteiger partial charge in [-0.25, -0.2) is 9.97 Å². The number of nitrogen functional groups attached to an aromatic ring is 1. The molecule has 0 unspecified atom stereocenters. The average Bonchev–Trinajstić information content (AvgIpc) is 3.05. The van der Waals surface area contributed by atoms with Crippen LogP contribution in [0.4, 0.5) is 17.1 Å². The summed E-state index contributed by atoms with van der Waals surface area (Å²) in [7, 11) is 0. The molecule has 1 aliphatic rings. The van der Waals surface area contributed by atoms with E-state index < -0.39 is 6.29 Å². The van der Waals surface area contributed by atoms with Gasteiger partial charge >= 0.3 is 0 Å². The second-order valence-electron chi connectivity index (χ2n) is 10.4. The van der Waals surface area contributed by atoms with Gasteiger partial charge in [0.05, 0.1) is 30.2 Å². The number of nitrogens with two attached hydrogens (primary N) is 1. The molecule has 44 heavy (non-hydrogen) atoms. The third-order valence-corrected chi connectivity index (χ3v) is 8.07. The Morgan fingerprint density at radius 3 is 2.25 bits per heavy atom. The Labute approximate surface area is 260 Å². The number of thioether (sulfide) groups is 1. The van der Waals surface area contributed by atoms with Crippen molar-refractivity contribution in [3.8, 4) is 0 Å². The molecule has 3 aromatic carbocycles. The maximum absolute atomic E-state index is 12.5. The van der Waals surface area contributed by atoms with E-state index in [9.17, 15) is 14.7 Å². The van der Waals surface area contributed by atoms with Gasteiger partial charge in [-0.2, -0.15) is 0 Å². The highest BCUT2D eigenvalue weighted by molar-refractivity contribution is 7.99. The molecule has 2 amide bonds. The maximum Gasteiger partial charge on any atom is 0.224 e. The monoisotopic (exact) mass is 613 g/mol. The van der Waals surface area contributed by atoms with Crippen LogP contribution in [0.1, 0.15) is 54.8 Å². The van der Waals surface area contributed by atoms with E-state index in [0.717, 1.165) is 16.7 Å². The zero-order chi connectivity index (χ0) is 30.7. The molecule has 1 fully saturated rings. The van der Waals surface area contributed by atoms with Crippen LogP contribution in [-0.4, -0.2) is 38.7 Å². The number of aliphatic hydroxyl groups excluding tert-OH is 1. The number of amides is 2. The van der Waals surface area contributed by atoms with E-state index in [-0.39, 0.29) is 43.5 Å². The first-order valence-corrected chi connectivity index (χ1v) is 15.4. The third kappa shape index (κ3) is 8.87. The van der Waals surface area contributed by atoms with Gasteiger partial charge in [0.2, 0.25) is 11.8 Å². The van der Waals surface area contributed by atoms with Gasteiger partial charge in [0, 0.05) is 48.7 Å². The van der Waals surface area contributed by atoms with Gasteiger partial charge in [0.15, 0.2) is 11.4 Å². The largest absolute Gasteiger partial charge is 0.397 e. The lowest BCUT2D eigenvalue weighted by atomic mass is 10.0. The van der Waals surface area contributed by atoms with Gasteiger partial charge in [0.1, 0.15) is 0 Å². The highest BCUT2D eigenvalue weighted by Crippen LogP contribution is 2.39. The second kappa shape index (κ2) is 15.4. The summed E-state index contributed by atoms with van der Waals surface area (Å²) in [6.45, 7) is -0.0179. The van der Waals surface area contributed by atoms with Gasteiger partial charge < -0.3 is 30.9 Å². The fourth-order valence-corrected chi connectivity index (χ4v) is 5.55. The Kier molecular flexibility index (Phi) is 10.9. The average molecular weight is 614 g/mol.